The van der Waals surface area contributed by atoms with E-state index in [0.717, 1.165) is 16.0 Å². The Morgan fingerprint density at radius 3 is 2.78 bits per heavy atom. The number of hydrogen-bond donors (Lipinski definition) is 0. The maximum absolute atomic E-state index is 5.71. The fraction of sp³-hybridized carbons (Fsp3) is 0.167. The molecule has 0 aliphatic rings. The standard InChI is InChI=1S/C6H7ClNP/c1-4-2-6(9)8-3-5(4)7/h2-3H,9H2,1H3. The minimum atomic E-state index is 0.723. The van der Waals surface area contributed by atoms with E-state index in [1.54, 1.807) is 6.20 Å². The van der Waals surface area contributed by atoms with Crippen molar-refractivity contribution in [1.82, 2.24) is 4.98 Å². The highest BCUT2D eigenvalue weighted by Gasteiger charge is 1.92. The third-order valence-corrected chi connectivity index (χ3v) is 1.78. The van der Waals surface area contributed by atoms with Gasteiger partial charge in [-0.1, -0.05) is 20.8 Å². The zero-order valence-corrected chi connectivity index (χ0v) is 6.97. The summed E-state index contributed by atoms with van der Waals surface area (Å²) in [5.41, 5.74) is 1.99. The van der Waals surface area contributed by atoms with E-state index in [1.807, 2.05) is 13.0 Å². The molecule has 1 aromatic rings. The summed E-state index contributed by atoms with van der Waals surface area (Å²) < 4.78 is 0. The lowest BCUT2D eigenvalue weighted by molar-refractivity contribution is 1.34. The Bertz CT molecular complexity index is 224. The zero-order chi connectivity index (χ0) is 6.85. The minimum absolute atomic E-state index is 0.723. The molecule has 1 heterocycles. The lowest BCUT2D eigenvalue weighted by atomic mass is 10.3. The molecule has 48 valence electrons. The molecular formula is C6H7ClNP. The molecule has 1 rings (SSSR count). The first-order valence-corrected chi connectivity index (χ1v) is 3.53. The van der Waals surface area contributed by atoms with E-state index in [0.29, 0.717) is 0 Å². The Morgan fingerprint density at radius 1 is 1.67 bits per heavy atom. The van der Waals surface area contributed by atoms with Crippen LogP contribution in [0.4, 0.5) is 0 Å². The van der Waals surface area contributed by atoms with Crippen LogP contribution in [0.25, 0.3) is 0 Å². The second kappa shape index (κ2) is 2.64. The van der Waals surface area contributed by atoms with E-state index >= 15 is 0 Å². The lowest BCUT2D eigenvalue weighted by Crippen LogP contribution is -1.96. The van der Waals surface area contributed by atoms with Crippen LogP contribution in [0.1, 0.15) is 5.56 Å². The predicted octanol–water partition coefficient (Wildman–Crippen LogP) is 1.54. The summed E-state index contributed by atoms with van der Waals surface area (Å²) in [4.78, 5) is 3.97. The van der Waals surface area contributed by atoms with Gasteiger partial charge in [0.25, 0.3) is 0 Å². The first-order valence-electron chi connectivity index (χ1n) is 2.58. The van der Waals surface area contributed by atoms with Crippen LogP contribution >= 0.6 is 20.8 Å². The molecule has 3 heteroatoms. The van der Waals surface area contributed by atoms with Gasteiger partial charge in [-0.15, -0.1) is 0 Å². The van der Waals surface area contributed by atoms with E-state index in [9.17, 15) is 0 Å². The minimum Gasteiger partial charge on any atom is -0.256 e. The SMILES string of the molecule is Cc1cc(P)ncc1Cl. The molecule has 0 spiro atoms. The van der Waals surface area contributed by atoms with Crippen LogP contribution in [-0.4, -0.2) is 4.98 Å². The average Bonchev–Trinajstić information content (AvgIpc) is 1.80. The van der Waals surface area contributed by atoms with E-state index in [2.05, 4.69) is 14.2 Å². The van der Waals surface area contributed by atoms with Crippen molar-refractivity contribution in [2.24, 2.45) is 0 Å². The molecule has 0 fully saturated rings. The smallest absolute Gasteiger partial charge is 0.0618 e. The Balaban J connectivity index is 3.17. The van der Waals surface area contributed by atoms with Crippen molar-refractivity contribution >= 4 is 26.3 Å². The molecule has 0 saturated carbocycles. The summed E-state index contributed by atoms with van der Waals surface area (Å²) in [6.07, 6.45) is 1.65. The average molecular weight is 160 g/mol. The molecule has 1 atom stereocenters. The van der Waals surface area contributed by atoms with Crippen LogP contribution in [0.15, 0.2) is 12.3 Å². The van der Waals surface area contributed by atoms with Gasteiger partial charge in [0.2, 0.25) is 0 Å². The van der Waals surface area contributed by atoms with Crippen LogP contribution < -0.4 is 5.44 Å². The summed E-state index contributed by atoms with van der Waals surface area (Å²) in [5, 5.41) is 0.723. The number of pyridine rings is 1. The summed E-state index contributed by atoms with van der Waals surface area (Å²) in [7, 11) is 2.52. The van der Waals surface area contributed by atoms with Crippen LogP contribution in [0.3, 0.4) is 0 Å². The van der Waals surface area contributed by atoms with Crippen molar-refractivity contribution in [3.8, 4) is 0 Å². The highest BCUT2D eigenvalue weighted by atomic mass is 35.5. The van der Waals surface area contributed by atoms with Gasteiger partial charge < -0.3 is 0 Å². The van der Waals surface area contributed by atoms with Crippen LogP contribution in [0.5, 0.6) is 0 Å². The first-order chi connectivity index (χ1) is 4.20. The number of rotatable bonds is 0. The predicted molar refractivity (Wildman–Crippen MR) is 43.3 cm³/mol. The summed E-state index contributed by atoms with van der Waals surface area (Å²) >= 11 is 5.71. The third-order valence-electron chi connectivity index (χ3n) is 1.07. The van der Waals surface area contributed by atoms with Crippen LogP contribution in [0, 0.1) is 6.92 Å². The Morgan fingerprint density at radius 2 is 2.33 bits per heavy atom. The van der Waals surface area contributed by atoms with E-state index in [4.69, 9.17) is 11.6 Å². The van der Waals surface area contributed by atoms with Crippen molar-refractivity contribution in [2.45, 2.75) is 6.92 Å². The van der Waals surface area contributed by atoms with Crippen LogP contribution in [-0.2, 0) is 0 Å². The maximum Gasteiger partial charge on any atom is 0.0618 e. The van der Waals surface area contributed by atoms with Gasteiger partial charge in [-0.25, -0.2) is 0 Å². The van der Waals surface area contributed by atoms with E-state index in [-0.39, 0.29) is 0 Å². The fourth-order valence-corrected chi connectivity index (χ4v) is 0.989. The van der Waals surface area contributed by atoms with E-state index < -0.39 is 0 Å². The van der Waals surface area contributed by atoms with Crippen molar-refractivity contribution in [3.05, 3.63) is 22.8 Å². The van der Waals surface area contributed by atoms with Gasteiger partial charge in [-0.2, -0.15) is 0 Å². The Hall–Kier alpha value is -0.130. The van der Waals surface area contributed by atoms with Crippen molar-refractivity contribution in [2.75, 3.05) is 0 Å². The van der Waals surface area contributed by atoms with Crippen molar-refractivity contribution in [3.63, 3.8) is 0 Å². The summed E-state index contributed by atoms with van der Waals surface area (Å²) in [6.45, 7) is 1.96. The molecular weight excluding hydrogens is 152 g/mol. The largest absolute Gasteiger partial charge is 0.256 e. The Kier molecular flexibility index (Phi) is 2.05. The van der Waals surface area contributed by atoms with Crippen LogP contribution in [0.2, 0.25) is 5.02 Å². The molecule has 0 bridgehead atoms. The lowest BCUT2D eigenvalue weighted by Gasteiger charge is -1.95. The second-order valence-corrected chi connectivity index (χ2v) is 2.86. The van der Waals surface area contributed by atoms with Gasteiger partial charge >= 0.3 is 0 Å². The van der Waals surface area contributed by atoms with Gasteiger partial charge in [0.15, 0.2) is 0 Å². The molecule has 0 amide bonds. The number of aryl methyl sites for hydroxylation is 1. The van der Waals surface area contributed by atoms with Crippen molar-refractivity contribution in [1.29, 1.82) is 0 Å². The molecule has 0 N–H and O–H groups in total. The molecule has 1 aromatic heterocycles. The molecule has 0 saturated heterocycles. The number of nitrogens with zero attached hydrogens (tertiary/aromatic N) is 1. The van der Waals surface area contributed by atoms with Gasteiger partial charge in [-0.3, -0.25) is 4.98 Å². The van der Waals surface area contributed by atoms with Gasteiger partial charge in [-0.05, 0) is 18.6 Å². The molecule has 0 aliphatic heterocycles. The molecule has 1 nitrogen and oxygen atoms in total. The normalized spacial score (nSPS) is 9.67. The second-order valence-electron chi connectivity index (χ2n) is 1.86. The number of halogens is 1. The van der Waals surface area contributed by atoms with Crippen molar-refractivity contribution < 1.29 is 0 Å². The monoisotopic (exact) mass is 159 g/mol. The fourth-order valence-electron chi connectivity index (χ4n) is 0.561. The summed E-state index contributed by atoms with van der Waals surface area (Å²) in [5.74, 6) is 0. The zero-order valence-electron chi connectivity index (χ0n) is 5.06. The molecule has 0 aromatic carbocycles. The first kappa shape index (κ1) is 6.98. The highest BCUT2D eigenvalue weighted by Crippen LogP contribution is 2.10. The highest BCUT2D eigenvalue weighted by molar-refractivity contribution is 7.26. The van der Waals surface area contributed by atoms with Gasteiger partial charge in [0.05, 0.1) is 10.5 Å². The van der Waals surface area contributed by atoms with Gasteiger partial charge in [0, 0.05) is 6.20 Å². The summed E-state index contributed by atoms with van der Waals surface area (Å²) in [6, 6.07) is 1.92. The molecule has 0 radical (unpaired) electrons. The molecule has 0 aliphatic carbocycles. The van der Waals surface area contributed by atoms with Gasteiger partial charge in [0.1, 0.15) is 0 Å². The maximum atomic E-state index is 5.71. The number of aromatic nitrogens is 1. The molecule has 9 heavy (non-hydrogen) atoms. The Labute approximate surface area is 61.6 Å². The quantitative estimate of drug-likeness (QED) is 0.524. The molecule has 1 unspecified atom stereocenters. The van der Waals surface area contributed by atoms with E-state index in [1.165, 1.54) is 0 Å². The topological polar surface area (TPSA) is 12.9 Å². The third kappa shape index (κ3) is 1.64. The number of hydrogen-bond acceptors (Lipinski definition) is 1.